The first-order valence-corrected chi connectivity index (χ1v) is 3.36. The van der Waals surface area contributed by atoms with E-state index in [1.807, 2.05) is 0 Å². The number of carboxylic acid groups (broad SMARTS) is 1. The van der Waals surface area contributed by atoms with Crippen molar-refractivity contribution in [2.45, 2.75) is 0 Å². The average Bonchev–Trinajstić information content (AvgIpc) is 1.87. The van der Waals surface area contributed by atoms with Crippen molar-refractivity contribution in [3.63, 3.8) is 0 Å². The molecular weight excluding hydrogens is 164 g/mol. The lowest BCUT2D eigenvalue weighted by Gasteiger charge is -2.16. The van der Waals surface area contributed by atoms with Gasteiger partial charge in [-0.15, -0.1) is 0 Å². The van der Waals surface area contributed by atoms with Crippen molar-refractivity contribution in [3.8, 4) is 0 Å². The maximum absolute atomic E-state index is 10.2. The summed E-state index contributed by atoms with van der Waals surface area (Å²) in [5.41, 5.74) is 0. The van der Waals surface area contributed by atoms with Gasteiger partial charge in [0.05, 0.1) is 19.8 Å². The van der Waals surface area contributed by atoms with Crippen LogP contribution in [0, 0.1) is 0 Å². The summed E-state index contributed by atoms with van der Waals surface area (Å²) in [7, 11) is 0. The van der Waals surface area contributed by atoms with E-state index in [0.29, 0.717) is 0 Å². The van der Waals surface area contributed by atoms with Crippen LogP contribution in [-0.4, -0.2) is 59.0 Å². The number of aliphatic hydroxyl groups excluding tert-OH is 2. The summed E-state index contributed by atoms with van der Waals surface area (Å²) in [6.07, 6.45) is 0. The zero-order chi connectivity index (χ0) is 8.69. The summed E-state index contributed by atoms with van der Waals surface area (Å²) in [4.78, 5) is 11.6. The molecule has 6 nitrogen and oxygen atoms in total. The summed E-state index contributed by atoms with van der Waals surface area (Å²) in [5.74, 6) is -0.952. The first-order chi connectivity index (χ1) is 5.20. The van der Waals surface area contributed by atoms with Crippen LogP contribution in [-0.2, 0) is 4.79 Å². The molecule has 74 valence electrons. The molecule has 0 aromatic carbocycles. The average molecular weight is 180 g/mol. The van der Waals surface area contributed by atoms with Gasteiger partial charge in [0, 0.05) is 13.1 Å². The summed E-state index contributed by atoms with van der Waals surface area (Å²) in [6.45, 7) is 0.251. The van der Waals surface area contributed by atoms with Gasteiger partial charge in [-0.05, 0) is 0 Å². The Labute approximate surface area is 71.0 Å². The molecule has 0 aliphatic rings. The lowest BCUT2D eigenvalue weighted by molar-refractivity contribution is -0.138. The Kier molecular flexibility index (Phi) is 9.72. The third-order valence-corrected chi connectivity index (χ3v) is 1.19. The van der Waals surface area contributed by atoms with Crippen LogP contribution in [0.2, 0.25) is 0 Å². The summed E-state index contributed by atoms with van der Waals surface area (Å²) in [6, 6.07) is 0. The molecule has 0 aliphatic carbocycles. The lowest BCUT2D eigenvalue weighted by atomic mass is 10.4. The quantitative estimate of drug-likeness (QED) is 0.396. The summed E-state index contributed by atoms with van der Waals surface area (Å²) in [5, 5.41) is 25.3. The third-order valence-electron chi connectivity index (χ3n) is 1.19. The Morgan fingerprint density at radius 1 is 1.17 bits per heavy atom. The topological polar surface area (TPSA) is 116 Å². The molecule has 0 heterocycles. The second-order valence-electron chi connectivity index (χ2n) is 2.12. The number of nitrogens with zero attached hydrogens (tertiary/aromatic N) is 1. The lowest BCUT2D eigenvalue weighted by Crippen LogP contribution is -2.34. The Hall–Kier alpha value is -0.690. The van der Waals surface area contributed by atoms with Crippen molar-refractivity contribution in [2.24, 2.45) is 0 Å². The molecule has 0 saturated heterocycles. The van der Waals surface area contributed by atoms with E-state index in [2.05, 4.69) is 0 Å². The fraction of sp³-hybridized carbons (Fsp3) is 0.833. The monoisotopic (exact) mass is 180 g/mol. The first kappa shape index (κ1) is 13.9. The van der Waals surface area contributed by atoms with Gasteiger partial charge in [0.1, 0.15) is 0 Å². The number of aliphatic hydroxyl groups is 2. The normalized spacial score (nSPS) is 9.58. The molecule has 0 rings (SSSR count). The van der Waals surface area contributed by atoms with Gasteiger partial charge in [0.2, 0.25) is 0 Å². The molecule has 0 radical (unpaired) electrons. The van der Waals surface area contributed by atoms with E-state index in [9.17, 15) is 4.79 Å². The van der Waals surface area contributed by atoms with E-state index in [1.165, 1.54) is 4.90 Å². The van der Waals surface area contributed by atoms with Crippen molar-refractivity contribution < 1.29 is 20.1 Å². The number of hydrogen-bond donors (Lipinski definition) is 4. The van der Waals surface area contributed by atoms with E-state index >= 15 is 0 Å². The second kappa shape index (κ2) is 8.41. The van der Waals surface area contributed by atoms with Crippen LogP contribution in [0.15, 0.2) is 0 Å². The van der Waals surface area contributed by atoms with Gasteiger partial charge in [0.25, 0.3) is 0 Å². The van der Waals surface area contributed by atoms with E-state index in [1.54, 1.807) is 0 Å². The highest BCUT2D eigenvalue weighted by Crippen LogP contribution is 1.85. The highest BCUT2D eigenvalue weighted by molar-refractivity contribution is 5.69. The second-order valence-corrected chi connectivity index (χ2v) is 2.12. The SMILES string of the molecule is N.O=C(O)CN(CCO)CCO. The Morgan fingerprint density at radius 3 is 1.83 bits per heavy atom. The maximum Gasteiger partial charge on any atom is 0.317 e. The van der Waals surface area contributed by atoms with Crippen LogP contribution in [0.5, 0.6) is 0 Å². The highest BCUT2D eigenvalue weighted by Gasteiger charge is 2.06. The molecule has 0 aliphatic heterocycles. The van der Waals surface area contributed by atoms with Gasteiger partial charge in [-0.1, -0.05) is 0 Å². The third kappa shape index (κ3) is 7.42. The fourth-order valence-electron chi connectivity index (χ4n) is 0.744. The number of rotatable bonds is 6. The minimum absolute atomic E-state index is 0. The smallest absolute Gasteiger partial charge is 0.317 e. The molecular formula is C6H16N2O4. The molecule has 0 fully saturated rings. The van der Waals surface area contributed by atoms with Crippen LogP contribution in [0.4, 0.5) is 0 Å². The summed E-state index contributed by atoms with van der Waals surface area (Å²) >= 11 is 0. The highest BCUT2D eigenvalue weighted by atomic mass is 16.4. The van der Waals surface area contributed by atoms with Gasteiger partial charge in [-0.25, -0.2) is 0 Å². The van der Waals surface area contributed by atoms with Gasteiger partial charge < -0.3 is 21.5 Å². The molecule has 0 spiro atoms. The fourth-order valence-corrected chi connectivity index (χ4v) is 0.744. The van der Waals surface area contributed by atoms with Crippen LogP contribution < -0.4 is 6.15 Å². The number of carbonyl (C=O) groups is 1. The predicted molar refractivity (Wildman–Crippen MR) is 43.3 cm³/mol. The van der Waals surface area contributed by atoms with Crippen molar-refractivity contribution in [1.82, 2.24) is 11.1 Å². The largest absolute Gasteiger partial charge is 0.480 e. The molecule has 12 heavy (non-hydrogen) atoms. The van der Waals surface area contributed by atoms with E-state index in [4.69, 9.17) is 15.3 Å². The van der Waals surface area contributed by atoms with E-state index < -0.39 is 5.97 Å². The molecule has 6 N–H and O–H groups in total. The van der Waals surface area contributed by atoms with Crippen LogP contribution in [0.3, 0.4) is 0 Å². The molecule has 0 unspecified atom stereocenters. The predicted octanol–water partition coefficient (Wildman–Crippen LogP) is -1.48. The maximum atomic E-state index is 10.2. The van der Waals surface area contributed by atoms with Crippen molar-refractivity contribution in [1.29, 1.82) is 0 Å². The number of carboxylic acids is 1. The minimum atomic E-state index is -0.952. The van der Waals surface area contributed by atoms with Gasteiger partial charge in [0.15, 0.2) is 0 Å². The molecule has 0 bridgehead atoms. The molecule has 6 heteroatoms. The van der Waals surface area contributed by atoms with Crippen molar-refractivity contribution >= 4 is 5.97 Å². The standard InChI is InChI=1S/C6H13NO4.H3N/c8-3-1-7(2-4-9)5-6(10)11;/h8-9H,1-5H2,(H,10,11);1H3. The summed E-state index contributed by atoms with van der Waals surface area (Å²) < 4.78 is 0. The van der Waals surface area contributed by atoms with E-state index in [-0.39, 0.29) is 39.0 Å². The molecule has 0 saturated carbocycles. The van der Waals surface area contributed by atoms with Crippen LogP contribution in [0.1, 0.15) is 0 Å². The van der Waals surface area contributed by atoms with Gasteiger partial charge in [-0.3, -0.25) is 9.69 Å². The molecule has 0 amide bonds. The number of aliphatic carboxylic acids is 1. The zero-order valence-corrected chi connectivity index (χ0v) is 6.94. The Balaban J connectivity index is 0. The molecule has 0 aromatic rings. The minimum Gasteiger partial charge on any atom is -0.480 e. The van der Waals surface area contributed by atoms with Crippen molar-refractivity contribution in [2.75, 3.05) is 32.8 Å². The Bertz CT molecular complexity index is 114. The molecule has 0 atom stereocenters. The number of hydrogen-bond acceptors (Lipinski definition) is 5. The van der Waals surface area contributed by atoms with Gasteiger partial charge >= 0.3 is 5.97 Å². The van der Waals surface area contributed by atoms with Gasteiger partial charge in [-0.2, -0.15) is 0 Å². The van der Waals surface area contributed by atoms with Crippen molar-refractivity contribution in [3.05, 3.63) is 0 Å². The Morgan fingerprint density at radius 2 is 1.58 bits per heavy atom. The molecule has 0 aromatic heterocycles. The first-order valence-electron chi connectivity index (χ1n) is 3.36. The zero-order valence-electron chi connectivity index (χ0n) is 6.94. The van der Waals surface area contributed by atoms with Crippen LogP contribution >= 0.6 is 0 Å². The van der Waals surface area contributed by atoms with Crippen LogP contribution in [0.25, 0.3) is 0 Å². The van der Waals surface area contributed by atoms with E-state index in [0.717, 1.165) is 0 Å².